The van der Waals surface area contributed by atoms with E-state index in [0.717, 1.165) is 30.5 Å². The van der Waals surface area contributed by atoms with Gasteiger partial charge in [-0.3, -0.25) is 30.3 Å². The van der Waals surface area contributed by atoms with E-state index in [9.17, 15) is 33.4 Å². The van der Waals surface area contributed by atoms with Gasteiger partial charge in [0, 0.05) is 17.7 Å². The first-order valence-corrected chi connectivity index (χ1v) is 10.4. The molecule has 1 aromatic heterocycles. The summed E-state index contributed by atoms with van der Waals surface area (Å²) in [4.78, 5) is 36.8. The molecule has 1 N–H and O–H groups in total. The number of nitrogens with zero attached hydrogens (tertiary/aromatic N) is 3. The standard InChI is InChI=1S/C17H12N4O7S2/c1-10-3-2-4-13(15(10)21(25)26)16(22)19-17-18-9-14(29-17)30(27,28)12-7-5-11(6-8-12)20(23)24/h2-9H,1H3,(H,18,19,22). The van der Waals surface area contributed by atoms with Crippen LogP contribution < -0.4 is 5.32 Å². The topological polar surface area (TPSA) is 162 Å². The fourth-order valence-electron chi connectivity index (χ4n) is 2.55. The summed E-state index contributed by atoms with van der Waals surface area (Å²) in [6.45, 7) is 1.49. The van der Waals surface area contributed by atoms with Gasteiger partial charge in [-0.05, 0) is 25.1 Å². The normalized spacial score (nSPS) is 11.1. The van der Waals surface area contributed by atoms with Crippen LogP contribution in [0.2, 0.25) is 0 Å². The number of nitrogens with one attached hydrogen (secondary N) is 1. The van der Waals surface area contributed by atoms with E-state index in [-0.39, 0.29) is 31.2 Å². The molecule has 0 saturated carbocycles. The first-order valence-electron chi connectivity index (χ1n) is 8.12. The Kier molecular flexibility index (Phi) is 5.58. The first kappa shape index (κ1) is 21.0. The number of non-ortho nitro benzene ring substituents is 1. The Morgan fingerprint density at radius 3 is 2.33 bits per heavy atom. The third-order valence-electron chi connectivity index (χ3n) is 3.99. The number of nitro benzene ring substituents is 2. The van der Waals surface area contributed by atoms with Crippen molar-refractivity contribution in [3.8, 4) is 0 Å². The molecule has 0 aliphatic heterocycles. The minimum atomic E-state index is -4.02. The number of thiazole rings is 1. The van der Waals surface area contributed by atoms with Crippen LogP contribution in [-0.2, 0) is 9.84 Å². The Labute approximate surface area is 173 Å². The molecular weight excluding hydrogens is 436 g/mol. The third-order valence-corrected chi connectivity index (χ3v) is 7.14. The smallest absolute Gasteiger partial charge is 0.285 e. The number of anilines is 1. The van der Waals surface area contributed by atoms with Crippen LogP contribution in [0.3, 0.4) is 0 Å². The van der Waals surface area contributed by atoms with Crippen molar-refractivity contribution in [3.63, 3.8) is 0 Å². The molecule has 0 aliphatic carbocycles. The highest BCUT2D eigenvalue weighted by Gasteiger charge is 2.25. The maximum Gasteiger partial charge on any atom is 0.285 e. The molecular formula is C17H12N4O7S2. The lowest BCUT2D eigenvalue weighted by atomic mass is 10.1. The highest BCUT2D eigenvalue weighted by molar-refractivity contribution is 7.93. The number of aryl methyl sites for hydroxylation is 1. The van der Waals surface area contributed by atoms with Gasteiger partial charge in [0.1, 0.15) is 9.77 Å². The van der Waals surface area contributed by atoms with Crippen LogP contribution in [-0.4, -0.2) is 29.2 Å². The van der Waals surface area contributed by atoms with Gasteiger partial charge in [-0.2, -0.15) is 0 Å². The summed E-state index contributed by atoms with van der Waals surface area (Å²) in [7, 11) is -4.02. The number of aromatic nitrogens is 1. The van der Waals surface area contributed by atoms with Crippen molar-refractivity contribution in [2.75, 3.05) is 5.32 Å². The minimum absolute atomic E-state index is 0.0729. The summed E-state index contributed by atoms with van der Waals surface area (Å²) in [6.07, 6.45) is 1.03. The van der Waals surface area contributed by atoms with E-state index in [1.807, 2.05) is 0 Å². The molecule has 30 heavy (non-hydrogen) atoms. The largest absolute Gasteiger partial charge is 0.298 e. The molecule has 0 saturated heterocycles. The van der Waals surface area contributed by atoms with Crippen molar-refractivity contribution in [2.24, 2.45) is 0 Å². The van der Waals surface area contributed by atoms with Gasteiger partial charge in [0.05, 0.1) is 20.9 Å². The number of hydrogen-bond acceptors (Lipinski definition) is 9. The molecule has 1 heterocycles. The SMILES string of the molecule is Cc1cccc(C(=O)Nc2ncc(S(=O)(=O)c3ccc([N+](=O)[O-])cc3)s2)c1[N+](=O)[O-]. The third kappa shape index (κ3) is 4.01. The molecule has 154 valence electrons. The predicted molar refractivity (Wildman–Crippen MR) is 106 cm³/mol. The summed E-state index contributed by atoms with van der Waals surface area (Å²) >= 11 is 0.652. The average Bonchev–Trinajstić information content (AvgIpc) is 3.16. The summed E-state index contributed by atoms with van der Waals surface area (Å²) < 4.78 is 25.1. The molecule has 1 amide bonds. The number of carbonyl (C=O) groups is 1. The van der Waals surface area contributed by atoms with Gasteiger partial charge in [-0.25, -0.2) is 13.4 Å². The van der Waals surface area contributed by atoms with Crippen LogP contribution in [0.4, 0.5) is 16.5 Å². The van der Waals surface area contributed by atoms with Gasteiger partial charge in [-0.15, -0.1) is 0 Å². The van der Waals surface area contributed by atoms with Gasteiger partial charge in [0.2, 0.25) is 9.84 Å². The van der Waals surface area contributed by atoms with Crippen LogP contribution >= 0.6 is 11.3 Å². The Morgan fingerprint density at radius 2 is 1.73 bits per heavy atom. The van der Waals surface area contributed by atoms with Crippen molar-refractivity contribution in [3.05, 3.63) is 80.0 Å². The molecule has 3 aromatic rings. The molecule has 0 atom stereocenters. The molecule has 2 aromatic carbocycles. The molecule has 0 aliphatic rings. The first-order chi connectivity index (χ1) is 14.1. The number of benzene rings is 2. The summed E-state index contributed by atoms with van der Waals surface area (Å²) in [5, 5.41) is 24.2. The fourth-order valence-corrected chi connectivity index (χ4v) is 4.98. The van der Waals surface area contributed by atoms with Crippen molar-refractivity contribution >= 4 is 43.6 Å². The van der Waals surface area contributed by atoms with Crippen molar-refractivity contribution in [1.82, 2.24) is 4.98 Å². The second-order valence-electron chi connectivity index (χ2n) is 5.92. The monoisotopic (exact) mass is 448 g/mol. The Bertz CT molecular complexity index is 1270. The van der Waals surface area contributed by atoms with Crippen molar-refractivity contribution in [1.29, 1.82) is 0 Å². The zero-order valence-corrected chi connectivity index (χ0v) is 16.8. The Balaban J connectivity index is 1.86. The number of hydrogen-bond donors (Lipinski definition) is 1. The number of amides is 1. The van der Waals surface area contributed by atoms with E-state index in [0.29, 0.717) is 16.9 Å². The van der Waals surface area contributed by atoms with Crippen molar-refractivity contribution < 1.29 is 23.1 Å². The van der Waals surface area contributed by atoms with E-state index in [1.165, 1.54) is 25.1 Å². The Morgan fingerprint density at radius 1 is 1.07 bits per heavy atom. The van der Waals surface area contributed by atoms with Gasteiger partial charge in [0.25, 0.3) is 17.3 Å². The number of carbonyl (C=O) groups excluding carboxylic acids is 1. The zero-order chi connectivity index (χ0) is 22.1. The molecule has 3 rings (SSSR count). The van der Waals surface area contributed by atoms with E-state index in [4.69, 9.17) is 0 Å². The van der Waals surface area contributed by atoms with Crippen LogP contribution in [0.5, 0.6) is 0 Å². The lowest BCUT2D eigenvalue weighted by Crippen LogP contribution is -2.14. The molecule has 0 radical (unpaired) electrons. The predicted octanol–water partition coefficient (Wildman–Crippen LogP) is 3.35. The minimum Gasteiger partial charge on any atom is -0.298 e. The van der Waals surface area contributed by atoms with E-state index in [1.54, 1.807) is 0 Å². The zero-order valence-electron chi connectivity index (χ0n) is 15.1. The molecule has 0 unspecified atom stereocenters. The number of para-hydroxylation sites is 1. The second kappa shape index (κ2) is 7.96. The summed E-state index contributed by atoms with van der Waals surface area (Å²) in [5.74, 6) is -0.806. The van der Waals surface area contributed by atoms with E-state index in [2.05, 4.69) is 10.3 Å². The van der Waals surface area contributed by atoms with Crippen LogP contribution in [0.1, 0.15) is 15.9 Å². The number of nitro groups is 2. The highest BCUT2D eigenvalue weighted by Crippen LogP contribution is 2.30. The summed E-state index contributed by atoms with van der Waals surface area (Å²) in [5.41, 5.74) is -0.501. The molecule has 13 heteroatoms. The molecule has 0 spiro atoms. The lowest BCUT2D eigenvalue weighted by molar-refractivity contribution is -0.385. The van der Waals surface area contributed by atoms with E-state index >= 15 is 0 Å². The number of sulfone groups is 1. The lowest BCUT2D eigenvalue weighted by Gasteiger charge is -2.05. The van der Waals surface area contributed by atoms with Gasteiger partial charge in [0.15, 0.2) is 5.13 Å². The molecule has 0 bridgehead atoms. The van der Waals surface area contributed by atoms with Gasteiger partial charge < -0.3 is 0 Å². The Hall–Kier alpha value is -3.71. The van der Waals surface area contributed by atoms with Crippen LogP contribution in [0.15, 0.2) is 57.8 Å². The quantitative estimate of drug-likeness (QED) is 0.443. The second-order valence-corrected chi connectivity index (χ2v) is 9.13. The van der Waals surface area contributed by atoms with Crippen molar-refractivity contribution in [2.45, 2.75) is 16.0 Å². The molecule has 11 nitrogen and oxygen atoms in total. The molecule has 0 fully saturated rings. The fraction of sp³-hybridized carbons (Fsp3) is 0.0588. The van der Waals surface area contributed by atoms with Gasteiger partial charge in [-0.1, -0.05) is 23.5 Å². The van der Waals surface area contributed by atoms with Crippen LogP contribution in [0.25, 0.3) is 0 Å². The maximum atomic E-state index is 12.7. The number of rotatable bonds is 6. The van der Waals surface area contributed by atoms with Gasteiger partial charge >= 0.3 is 0 Å². The highest BCUT2D eigenvalue weighted by atomic mass is 32.2. The average molecular weight is 448 g/mol. The summed E-state index contributed by atoms with van der Waals surface area (Å²) in [6, 6.07) is 8.59. The van der Waals surface area contributed by atoms with Crippen LogP contribution in [0, 0.1) is 27.2 Å². The maximum absolute atomic E-state index is 12.7. The van der Waals surface area contributed by atoms with E-state index < -0.39 is 25.6 Å².